The summed E-state index contributed by atoms with van der Waals surface area (Å²) in [6.45, 7) is 4.49. The third-order valence-corrected chi connectivity index (χ3v) is 3.75. The maximum Gasteiger partial charge on any atom is 0.295 e. The zero-order valence-electron chi connectivity index (χ0n) is 10.0. The number of nitrogens with zero attached hydrogens (tertiary/aromatic N) is 1. The van der Waals surface area contributed by atoms with Crippen LogP contribution in [0.15, 0.2) is 20.4 Å². The lowest BCUT2D eigenvalue weighted by atomic mass is 10.2. The van der Waals surface area contributed by atoms with Gasteiger partial charge in [0.25, 0.3) is 10.1 Å². The highest BCUT2D eigenvalue weighted by atomic mass is 79.9. The maximum atomic E-state index is 11.2. The first kappa shape index (κ1) is 15.1. The van der Waals surface area contributed by atoms with E-state index in [1.54, 1.807) is 6.08 Å². The Kier molecular flexibility index (Phi) is 4.89. The van der Waals surface area contributed by atoms with E-state index in [0.717, 1.165) is 0 Å². The van der Waals surface area contributed by atoms with Crippen molar-refractivity contribution in [1.82, 2.24) is 0 Å². The van der Waals surface area contributed by atoms with Crippen LogP contribution in [0.1, 0.15) is 20.3 Å². The van der Waals surface area contributed by atoms with Crippen molar-refractivity contribution in [2.24, 2.45) is 4.99 Å². The second-order valence-corrected chi connectivity index (χ2v) is 5.56. The van der Waals surface area contributed by atoms with Crippen LogP contribution in [-0.4, -0.2) is 24.6 Å². The number of phenols is 1. The fraction of sp³-hybridized carbons (Fsp3) is 0.364. The molecule has 2 rings (SSSR count). The molecule has 1 aromatic rings. The Morgan fingerprint density at radius 3 is 2.56 bits per heavy atom. The van der Waals surface area contributed by atoms with Crippen LogP contribution in [-0.2, 0) is 10.1 Å². The van der Waals surface area contributed by atoms with Crippen molar-refractivity contribution < 1.29 is 18.1 Å². The Hall–Kier alpha value is -0.920. The maximum absolute atomic E-state index is 11.2. The zero-order chi connectivity index (χ0) is 13.9. The van der Waals surface area contributed by atoms with Crippen LogP contribution in [0.3, 0.4) is 0 Å². The predicted molar refractivity (Wildman–Crippen MR) is 71.7 cm³/mol. The highest BCUT2D eigenvalue weighted by Crippen LogP contribution is 2.21. The molecule has 7 heteroatoms. The monoisotopic (exact) mass is 335 g/mol. The van der Waals surface area contributed by atoms with Gasteiger partial charge < -0.3 is 5.11 Å². The topological polar surface area (TPSA) is 87.0 Å². The van der Waals surface area contributed by atoms with Crippen molar-refractivity contribution in [3.63, 3.8) is 0 Å². The molecular formula is C11H14BrNO4S. The zero-order valence-corrected chi connectivity index (χ0v) is 12.4. The van der Waals surface area contributed by atoms with Gasteiger partial charge in [0, 0.05) is 11.8 Å². The molecule has 0 spiro atoms. The second-order valence-electron chi connectivity index (χ2n) is 3.32. The lowest BCUT2D eigenvalue weighted by Crippen LogP contribution is -2.33. The summed E-state index contributed by atoms with van der Waals surface area (Å²) >= 11 is 3.02. The average Bonchev–Trinajstić information content (AvgIpc) is 2.35. The van der Waals surface area contributed by atoms with E-state index < -0.39 is 10.1 Å². The number of halogens is 1. The van der Waals surface area contributed by atoms with Crippen molar-refractivity contribution in [2.45, 2.75) is 25.2 Å². The molecule has 0 amide bonds. The van der Waals surface area contributed by atoms with Crippen molar-refractivity contribution in [1.29, 1.82) is 0 Å². The molecule has 1 aromatic carbocycles. The first-order valence-corrected chi connectivity index (χ1v) is 7.68. The Labute approximate surface area is 114 Å². The summed E-state index contributed by atoms with van der Waals surface area (Å²) in [6.07, 6.45) is 2.22. The summed E-state index contributed by atoms with van der Waals surface area (Å²) in [7, 11) is -4.32. The van der Waals surface area contributed by atoms with Crippen molar-refractivity contribution in [3.8, 4) is 5.75 Å². The van der Waals surface area contributed by atoms with E-state index in [1.165, 1.54) is 6.07 Å². The fourth-order valence-electron chi connectivity index (χ4n) is 1.57. The summed E-state index contributed by atoms with van der Waals surface area (Å²) in [5.74, 6) is -0.113. The van der Waals surface area contributed by atoms with Gasteiger partial charge >= 0.3 is 0 Å². The van der Waals surface area contributed by atoms with Gasteiger partial charge in [0.2, 0.25) is 0 Å². The molecule has 2 N–H and O–H groups in total. The van der Waals surface area contributed by atoms with Crippen LogP contribution >= 0.6 is 15.9 Å². The van der Waals surface area contributed by atoms with Gasteiger partial charge in [-0.15, -0.1) is 0 Å². The van der Waals surface area contributed by atoms with Crippen molar-refractivity contribution in [2.75, 3.05) is 6.54 Å². The Morgan fingerprint density at radius 2 is 2.00 bits per heavy atom. The molecule has 1 aliphatic heterocycles. The number of hydrogen-bond acceptors (Lipinski definition) is 4. The van der Waals surface area contributed by atoms with Gasteiger partial charge in [0.1, 0.15) is 10.3 Å². The van der Waals surface area contributed by atoms with Crippen molar-refractivity contribution >= 4 is 32.1 Å². The number of aromatic hydroxyl groups is 1. The number of phenolic OH excluding ortho intramolecular Hbond substituents is 1. The molecule has 1 heterocycles. The van der Waals surface area contributed by atoms with E-state index in [4.69, 9.17) is 4.55 Å². The van der Waals surface area contributed by atoms with Crippen LogP contribution in [0.5, 0.6) is 5.75 Å². The fourth-order valence-corrected chi connectivity index (χ4v) is 2.87. The van der Waals surface area contributed by atoms with Gasteiger partial charge in [-0.2, -0.15) is 8.42 Å². The normalized spacial score (nSPS) is 13.6. The van der Waals surface area contributed by atoms with Gasteiger partial charge in [0.15, 0.2) is 5.75 Å². The van der Waals surface area contributed by atoms with Gasteiger partial charge in [-0.05, 0) is 28.4 Å². The molecule has 0 radical (unpaired) electrons. The van der Waals surface area contributed by atoms with Crippen LogP contribution in [0, 0.1) is 0 Å². The Morgan fingerprint density at radius 1 is 1.39 bits per heavy atom. The van der Waals surface area contributed by atoms with E-state index in [2.05, 4.69) is 20.9 Å². The number of rotatable bonds is 1. The molecule has 0 saturated heterocycles. The first-order chi connectivity index (χ1) is 8.41. The number of hydrogen-bond donors (Lipinski definition) is 2. The molecule has 0 bridgehead atoms. The molecule has 1 aliphatic rings. The molecule has 0 fully saturated rings. The highest BCUT2D eigenvalue weighted by Gasteiger charge is 2.18. The first-order valence-electron chi connectivity index (χ1n) is 5.45. The van der Waals surface area contributed by atoms with Crippen LogP contribution in [0.2, 0.25) is 0 Å². The van der Waals surface area contributed by atoms with Gasteiger partial charge in [0.05, 0.1) is 4.47 Å². The van der Waals surface area contributed by atoms with Gasteiger partial charge in [-0.25, -0.2) is 0 Å². The summed E-state index contributed by atoms with van der Waals surface area (Å²) in [6, 6.07) is 1.17. The molecule has 5 nitrogen and oxygen atoms in total. The van der Waals surface area contributed by atoms with E-state index in [0.29, 0.717) is 13.0 Å². The molecule has 0 atom stereocenters. The van der Waals surface area contributed by atoms with Gasteiger partial charge in [-0.3, -0.25) is 9.55 Å². The molecule has 18 heavy (non-hydrogen) atoms. The highest BCUT2D eigenvalue weighted by molar-refractivity contribution is 9.10. The minimum atomic E-state index is -4.32. The van der Waals surface area contributed by atoms with Crippen LogP contribution in [0.25, 0.3) is 6.08 Å². The lowest BCUT2D eigenvalue weighted by Gasteiger charge is -2.07. The minimum Gasteiger partial charge on any atom is -0.505 e. The van der Waals surface area contributed by atoms with E-state index in [-0.39, 0.29) is 25.7 Å². The minimum absolute atomic E-state index is 0.113. The molecule has 0 aliphatic carbocycles. The SMILES string of the molecule is CC.O=S(=O)(O)c1cc(Br)c(O)c2c1=CCCN=2. The van der Waals surface area contributed by atoms with Gasteiger partial charge in [-0.1, -0.05) is 19.9 Å². The smallest absolute Gasteiger partial charge is 0.295 e. The average molecular weight is 336 g/mol. The van der Waals surface area contributed by atoms with Crippen LogP contribution < -0.4 is 10.6 Å². The third-order valence-electron chi connectivity index (χ3n) is 2.25. The molecule has 0 aromatic heterocycles. The van der Waals surface area contributed by atoms with E-state index in [1.807, 2.05) is 13.8 Å². The summed E-state index contributed by atoms with van der Waals surface area (Å²) < 4.78 is 31.6. The Bertz CT molecular complexity index is 667. The van der Waals surface area contributed by atoms with E-state index >= 15 is 0 Å². The summed E-state index contributed by atoms with van der Waals surface area (Å²) in [4.78, 5) is 3.80. The lowest BCUT2D eigenvalue weighted by molar-refractivity contribution is 0.459. The molecule has 100 valence electrons. The third kappa shape index (κ3) is 2.90. The molecule has 0 unspecified atom stereocenters. The summed E-state index contributed by atoms with van der Waals surface area (Å²) in [5, 5.41) is 10.2. The molecule has 0 saturated carbocycles. The largest absolute Gasteiger partial charge is 0.505 e. The predicted octanol–water partition coefficient (Wildman–Crippen LogP) is 1.23. The standard InChI is InChI=1S/C9H8BrNO4S.C2H6/c10-6-4-7(16(13,14)15)5-2-1-3-11-8(5)9(6)12;1-2/h2,4,12H,1,3H2,(H,13,14,15);1-2H3. The summed E-state index contributed by atoms with van der Waals surface area (Å²) in [5.41, 5.74) is 0. The second kappa shape index (κ2) is 5.81. The quantitative estimate of drug-likeness (QED) is 0.755. The molecular weight excluding hydrogens is 322 g/mol. The Balaban J connectivity index is 0.000000771. The number of fused-ring (bicyclic) bond motifs is 1. The van der Waals surface area contributed by atoms with Crippen molar-refractivity contribution in [3.05, 3.63) is 21.1 Å². The van der Waals surface area contributed by atoms with E-state index in [9.17, 15) is 13.5 Å². The number of benzene rings is 1. The van der Waals surface area contributed by atoms with Crippen LogP contribution in [0.4, 0.5) is 0 Å².